The standard InChI is InChI=1S/C28H24ClN3O9/c1-40-27(34)22-24(17-5-3-7-20(13-17)31(36)37)30(15-16-9-11-19(29)12-10-16)25(23(26(22)33)28(35)41-2)18-6-4-8-21(14-18)32(38)39/h3-14,22-25H,15H2,1-2H3/t22?,23?,24-,25+. The van der Waals surface area contributed by atoms with Crippen molar-refractivity contribution in [1.82, 2.24) is 4.90 Å². The highest BCUT2D eigenvalue weighted by Gasteiger charge is 2.56. The van der Waals surface area contributed by atoms with E-state index >= 15 is 0 Å². The largest absolute Gasteiger partial charge is 0.468 e. The van der Waals surface area contributed by atoms with Gasteiger partial charge in [0.25, 0.3) is 11.4 Å². The summed E-state index contributed by atoms with van der Waals surface area (Å²) in [5.74, 6) is -5.94. The van der Waals surface area contributed by atoms with Crippen molar-refractivity contribution in [3.63, 3.8) is 0 Å². The quantitative estimate of drug-likeness (QED) is 0.159. The maximum atomic E-state index is 14.1. The summed E-state index contributed by atoms with van der Waals surface area (Å²) in [5, 5.41) is 23.7. The van der Waals surface area contributed by atoms with Crippen LogP contribution in [0.5, 0.6) is 0 Å². The molecule has 2 unspecified atom stereocenters. The fraction of sp³-hybridized carbons (Fsp3) is 0.250. The van der Waals surface area contributed by atoms with E-state index in [1.54, 1.807) is 29.2 Å². The van der Waals surface area contributed by atoms with Gasteiger partial charge in [0.1, 0.15) is 11.8 Å². The van der Waals surface area contributed by atoms with E-state index in [0.717, 1.165) is 14.2 Å². The minimum Gasteiger partial charge on any atom is -0.468 e. The molecule has 12 nitrogen and oxygen atoms in total. The molecule has 13 heteroatoms. The van der Waals surface area contributed by atoms with Gasteiger partial charge in [-0.3, -0.25) is 39.5 Å². The lowest BCUT2D eigenvalue weighted by molar-refractivity contribution is -0.385. The first-order chi connectivity index (χ1) is 19.6. The highest BCUT2D eigenvalue weighted by atomic mass is 35.5. The van der Waals surface area contributed by atoms with Crippen LogP contribution in [0.4, 0.5) is 11.4 Å². The number of esters is 2. The van der Waals surface area contributed by atoms with Gasteiger partial charge in [0.15, 0.2) is 5.78 Å². The SMILES string of the molecule is COC(=O)C1C(=O)C(C(=O)OC)[C@H](c2cccc([N+](=O)[O-])c2)N(Cc2ccc(Cl)cc2)[C@@H]1c1cccc([N+](=O)[O-])c1. The minimum atomic E-state index is -1.59. The molecule has 212 valence electrons. The van der Waals surface area contributed by atoms with Gasteiger partial charge in [-0.1, -0.05) is 48.0 Å². The van der Waals surface area contributed by atoms with Crippen LogP contribution in [0.1, 0.15) is 28.8 Å². The van der Waals surface area contributed by atoms with Gasteiger partial charge in [0.2, 0.25) is 0 Å². The topological polar surface area (TPSA) is 159 Å². The van der Waals surface area contributed by atoms with E-state index in [9.17, 15) is 34.6 Å². The Hall–Kier alpha value is -4.68. The number of ether oxygens (including phenoxy) is 2. The van der Waals surface area contributed by atoms with Gasteiger partial charge < -0.3 is 9.47 Å². The van der Waals surface area contributed by atoms with Crippen LogP contribution in [0.2, 0.25) is 5.02 Å². The number of halogens is 1. The molecule has 0 aromatic heterocycles. The van der Waals surface area contributed by atoms with E-state index in [2.05, 4.69) is 0 Å². The summed E-state index contributed by atoms with van der Waals surface area (Å²) < 4.78 is 9.96. The highest BCUT2D eigenvalue weighted by molar-refractivity contribution is 6.30. The van der Waals surface area contributed by atoms with Crippen molar-refractivity contribution in [2.24, 2.45) is 11.8 Å². The molecule has 1 aliphatic heterocycles. The van der Waals surface area contributed by atoms with Crippen LogP contribution in [0.3, 0.4) is 0 Å². The first-order valence-corrected chi connectivity index (χ1v) is 12.6. The number of rotatable bonds is 8. The fourth-order valence-corrected chi connectivity index (χ4v) is 5.34. The molecular weight excluding hydrogens is 558 g/mol. The second kappa shape index (κ2) is 12.2. The van der Waals surface area contributed by atoms with Gasteiger partial charge in [-0.05, 0) is 28.8 Å². The third kappa shape index (κ3) is 5.93. The number of carbonyl (C=O) groups is 3. The Bertz CT molecular complexity index is 1420. The molecule has 1 saturated heterocycles. The molecule has 0 radical (unpaired) electrons. The lowest BCUT2D eigenvalue weighted by atomic mass is 9.72. The molecule has 4 atom stereocenters. The molecule has 0 aliphatic carbocycles. The van der Waals surface area contributed by atoms with Gasteiger partial charge in [0, 0.05) is 35.8 Å². The second-order valence-corrected chi connectivity index (χ2v) is 9.73. The van der Waals surface area contributed by atoms with Crippen LogP contribution in [-0.4, -0.2) is 46.7 Å². The Labute approximate surface area is 238 Å². The van der Waals surface area contributed by atoms with Crippen molar-refractivity contribution in [2.75, 3.05) is 14.2 Å². The molecule has 0 saturated carbocycles. The number of nitro benzene ring substituents is 2. The van der Waals surface area contributed by atoms with Crippen LogP contribution in [0.15, 0.2) is 72.8 Å². The van der Waals surface area contributed by atoms with Gasteiger partial charge in [-0.25, -0.2) is 0 Å². The lowest BCUT2D eigenvalue weighted by Gasteiger charge is -2.47. The molecule has 41 heavy (non-hydrogen) atoms. The summed E-state index contributed by atoms with van der Waals surface area (Å²) in [6.45, 7) is 0.00611. The molecule has 4 rings (SSSR count). The van der Waals surface area contributed by atoms with Crippen LogP contribution in [0, 0.1) is 32.1 Å². The molecule has 1 heterocycles. The van der Waals surface area contributed by atoms with E-state index in [0.29, 0.717) is 10.6 Å². The predicted octanol–water partition coefficient (Wildman–Crippen LogP) is 4.60. The van der Waals surface area contributed by atoms with Crippen molar-refractivity contribution < 1.29 is 33.7 Å². The average Bonchev–Trinajstić information content (AvgIpc) is 2.97. The Kier molecular flexibility index (Phi) is 8.74. The Morgan fingerprint density at radius 2 is 1.24 bits per heavy atom. The Morgan fingerprint density at radius 1 is 0.805 bits per heavy atom. The zero-order valence-corrected chi connectivity index (χ0v) is 22.6. The number of carbonyl (C=O) groups excluding carboxylic acids is 3. The molecule has 0 N–H and O–H groups in total. The van der Waals surface area contributed by atoms with Crippen molar-refractivity contribution in [3.8, 4) is 0 Å². The van der Waals surface area contributed by atoms with Gasteiger partial charge in [-0.15, -0.1) is 0 Å². The van der Waals surface area contributed by atoms with Crippen LogP contribution in [0.25, 0.3) is 0 Å². The number of non-ortho nitro benzene ring substituents is 2. The number of likely N-dealkylation sites (tertiary alicyclic amines) is 1. The summed E-state index contributed by atoms with van der Waals surface area (Å²) >= 11 is 6.08. The maximum absolute atomic E-state index is 14.1. The lowest BCUT2D eigenvalue weighted by Crippen LogP contribution is -2.55. The molecular formula is C28H24ClN3O9. The number of nitrogens with zero attached hydrogens (tertiary/aromatic N) is 3. The molecule has 0 spiro atoms. The van der Waals surface area contributed by atoms with E-state index in [1.807, 2.05) is 0 Å². The van der Waals surface area contributed by atoms with E-state index in [4.69, 9.17) is 21.1 Å². The third-order valence-electron chi connectivity index (χ3n) is 6.99. The molecule has 3 aromatic rings. The fourth-order valence-electron chi connectivity index (χ4n) is 5.21. The molecule has 1 fully saturated rings. The van der Waals surface area contributed by atoms with Gasteiger partial charge >= 0.3 is 11.9 Å². The summed E-state index contributed by atoms with van der Waals surface area (Å²) in [4.78, 5) is 64.2. The average molecular weight is 582 g/mol. The minimum absolute atomic E-state index is 0.00611. The number of hydrogen-bond acceptors (Lipinski definition) is 10. The monoisotopic (exact) mass is 581 g/mol. The number of piperidine rings is 1. The van der Waals surface area contributed by atoms with E-state index in [-0.39, 0.29) is 29.0 Å². The van der Waals surface area contributed by atoms with Crippen molar-refractivity contribution >= 4 is 40.7 Å². The van der Waals surface area contributed by atoms with Crippen LogP contribution >= 0.6 is 11.6 Å². The Balaban J connectivity index is 2.04. The number of ketones is 1. The number of Topliss-reactive ketones (excluding diaryl/α,β-unsaturated/α-hetero) is 1. The Morgan fingerprint density at radius 3 is 1.63 bits per heavy atom. The van der Waals surface area contributed by atoms with Crippen molar-refractivity contribution in [1.29, 1.82) is 0 Å². The zero-order chi connectivity index (χ0) is 29.8. The number of hydrogen-bond donors (Lipinski definition) is 0. The molecule has 0 bridgehead atoms. The van der Waals surface area contributed by atoms with Crippen molar-refractivity contribution in [2.45, 2.75) is 18.6 Å². The van der Waals surface area contributed by atoms with E-state index < -0.39 is 51.5 Å². The summed E-state index contributed by atoms with van der Waals surface area (Å²) in [6, 6.07) is 15.2. The summed E-state index contributed by atoms with van der Waals surface area (Å²) in [6.07, 6.45) is 0. The van der Waals surface area contributed by atoms with Gasteiger partial charge in [0.05, 0.1) is 36.1 Å². The van der Waals surface area contributed by atoms with Crippen LogP contribution in [-0.2, 0) is 30.4 Å². The number of nitro groups is 2. The smallest absolute Gasteiger partial charge is 0.318 e. The van der Waals surface area contributed by atoms with Crippen LogP contribution < -0.4 is 0 Å². The third-order valence-corrected chi connectivity index (χ3v) is 7.24. The number of benzene rings is 3. The zero-order valence-electron chi connectivity index (χ0n) is 21.8. The molecule has 3 aromatic carbocycles. The normalized spacial score (nSPS) is 20.7. The first kappa shape index (κ1) is 29.3. The first-order valence-electron chi connectivity index (χ1n) is 12.3. The summed E-state index contributed by atoms with van der Waals surface area (Å²) in [5.41, 5.74) is 0.548. The highest BCUT2D eigenvalue weighted by Crippen LogP contribution is 2.48. The molecule has 1 aliphatic rings. The summed E-state index contributed by atoms with van der Waals surface area (Å²) in [7, 11) is 2.17. The molecule has 0 amide bonds. The number of methoxy groups -OCH3 is 2. The van der Waals surface area contributed by atoms with Gasteiger partial charge in [-0.2, -0.15) is 0 Å². The maximum Gasteiger partial charge on any atom is 0.318 e. The predicted molar refractivity (Wildman–Crippen MR) is 145 cm³/mol. The second-order valence-electron chi connectivity index (χ2n) is 9.30. The van der Waals surface area contributed by atoms with E-state index in [1.165, 1.54) is 48.5 Å². The van der Waals surface area contributed by atoms with Crippen molar-refractivity contribution in [3.05, 3.63) is 115 Å².